The molecule has 0 spiro atoms. The van der Waals surface area contributed by atoms with E-state index in [4.69, 9.17) is 11.6 Å². The summed E-state index contributed by atoms with van der Waals surface area (Å²) >= 11 is 5.96. The summed E-state index contributed by atoms with van der Waals surface area (Å²) in [6, 6.07) is 9.97. The molecule has 4 rings (SSSR count). The second-order valence-corrected chi connectivity index (χ2v) is 7.61. The Morgan fingerprint density at radius 3 is 2.28 bits per heavy atom. The minimum Gasteiger partial charge on any atom is -0.298 e. The zero-order valence-electron chi connectivity index (χ0n) is 13.9. The van der Waals surface area contributed by atoms with Crippen LogP contribution in [0, 0.1) is 24.6 Å². The van der Waals surface area contributed by atoms with Crippen LogP contribution in [0.4, 0.5) is 4.39 Å². The van der Waals surface area contributed by atoms with E-state index in [-0.39, 0.29) is 23.4 Å². The van der Waals surface area contributed by atoms with Gasteiger partial charge in [0.05, 0.1) is 0 Å². The van der Waals surface area contributed by atoms with Gasteiger partial charge in [-0.1, -0.05) is 23.7 Å². The first-order chi connectivity index (χ1) is 11.9. The molecule has 4 heteroatoms. The number of hydrogen-bond donors (Lipinski definition) is 0. The number of benzene rings is 2. The van der Waals surface area contributed by atoms with Crippen molar-refractivity contribution in [2.75, 3.05) is 0 Å². The first-order valence-corrected chi connectivity index (χ1v) is 8.96. The molecule has 2 nitrogen and oxygen atoms in total. The molecule has 0 radical (unpaired) electrons. The van der Waals surface area contributed by atoms with Gasteiger partial charge < -0.3 is 0 Å². The number of Topliss-reactive ketones (excluding diaryl/α,β-unsaturated/α-hetero) is 2. The first-order valence-electron chi connectivity index (χ1n) is 8.58. The average Bonchev–Trinajstić information content (AvgIpc) is 3.01. The molecule has 3 atom stereocenters. The van der Waals surface area contributed by atoms with Crippen molar-refractivity contribution in [1.29, 1.82) is 0 Å². The van der Waals surface area contributed by atoms with Gasteiger partial charge in [-0.25, -0.2) is 4.39 Å². The molecule has 0 aliphatic heterocycles. The number of fused-ring (bicyclic) bond motifs is 2. The monoisotopic (exact) mass is 356 g/mol. The number of carbonyl (C=O) groups excluding carboxylic acids is 2. The first kappa shape index (κ1) is 16.5. The molecular weight excluding hydrogens is 339 g/mol. The molecular formula is C21H18ClFO2. The van der Waals surface area contributed by atoms with Crippen LogP contribution < -0.4 is 0 Å². The zero-order chi connectivity index (χ0) is 17.7. The minimum atomic E-state index is -0.671. The maximum atomic E-state index is 13.7. The smallest absolute Gasteiger partial charge is 0.150 e. The SMILES string of the molecule is Cc1ccc(-c2cc(F)cc(Cl)c2)cc1C1C(=O)[C@@H]2CC[C@@H](C2)C1=O. The number of carbonyl (C=O) groups is 2. The molecule has 0 saturated heterocycles. The molecule has 2 aliphatic rings. The van der Waals surface area contributed by atoms with Crippen molar-refractivity contribution in [3.8, 4) is 11.1 Å². The Balaban J connectivity index is 1.80. The van der Waals surface area contributed by atoms with E-state index in [0.29, 0.717) is 17.0 Å². The highest BCUT2D eigenvalue weighted by Crippen LogP contribution is 2.45. The van der Waals surface area contributed by atoms with Crippen LogP contribution in [0.2, 0.25) is 5.02 Å². The summed E-state index contributed by atoms with van der Waals surface area (Å²) in [5, 5.41) is 0.319. The van der Waals surface area contributed by atoms with Crippen molar-refractivity contribution in [1.82, 2.24) is 0 Å². The lowest BCUT2D eigenvalue weighted by Crippen LogP contribution is -2.35. The second kappa shape index (κ2) is 6.06. The minimum absolute atomic E-state index is 0.0133. The Morgan fingerprint density at radius 2 is 1.64 bits per heavy atom. The largest absolute Gasteiger partial charge is 0.298 e. The molecule has 2 aliphatic carbocycles. The van der Waals surface area contributed by atoms with Gasteiger partial charge in [0.15, 0.2) is 11.6 Å². The van der Waals surface area contributed by atoms with Gasteiger partial charge in [-0.3, -0.25) is 9.59 Å². The molecule has 0 heterocycles. The van der Waals surface area contributed by atoms with E-state index in [2.05, 4.69) is 0 Å². The van der Waals surface area contributed by atoms with Crippen molar-refractivity contribution < 1.29 is 14.0 Å². The number of rotatable bonds is 2. The summed E-state index contributed by atoms with van der Waals surface area (Å²) in [5.41, 5.74) is 3.08. The maximum absolute atomic E-state index is 13.7. The van der Waals surface area contributed by atoms with E-state index in [1.165, 1.54) is 12.1 Å². The fourth-order valence-electron chi connectivity index (χ4n) is 4.27. The highest BCUT2D eigenvalue weighted by Gasteiger charge is 2.47. The lowest BCUT2D eigenvalue weighted by molar-refractivity contribution is -0.135. The Kier molecular flexibility index (Phi) is 3.99. The highest BCUT2D eigenvalue weighted by molar-refractivity contribution is 6.30. The van der Waals surface area contributed by atoms with E-state index in [9.17, 15) is 14.0 Å². The van der Waals surface area contributed by atoms with Crippen molar-refractivity contribution >= 4 is 23.2 Å². The summed E-state index contributed by atoms with van der Waals surface area (Å²) in [6.07, 6.45) is 2.36. The maximum Gasteiger partial charge on any atom is 0.150 e. The Bertz CT molecular complexity index is 847. The summed E-state index contributed by atoms with van der Waals surface area (Å²) < 4.78 is 13.7. The van der Waals surface area contributed by atoms with E-state index >= 15 is 0 Å². The molecule has 0 amide bonds. The van der Waals surface area contributed by atoms with Crippen molar-refractivity contribution in [3.05, 3.63) is 58.4 Å². The predicted octanol–water partition coefficient (Wildman–Crippen LogP) is 5.11. The van der Waals surface area contributed by atoms with E-state index in [1.807, 2.05) is 25.1 Å². The third-order valence-electron chi connectivity index (χ3n) is 5.59. The topological polar surface area (TPSA) is 34.1 Å². The van der Waals surface area contributed by atoms with Gasteiger partial charge in [0.2, 0.25) is 0 Å². The van der Waals surface area contributed by atoms with Crippen LogP contribution in [0.25, 0.3) is 11.1 Å². The molecule has 2 bridgehead atoms. The number of ketones is 2. The Hall–Kier alpha value is -2.00. The molecule has 2 saturated carbocycles. The van der Waals surface area contributed by atoms with Gasteiger partial charge in [0.1, 0.15) is 11.7 Å². The molecule has 1 unspecified atom stereocenters. The van der Waals surface area contributed by atoms with Crippen LogP contribution in [0.5, 0.6) is 0 Å². The third kappa shape index (κ3) is 2.81. The van der Waals surface area contributed by atoms with Gasteiger partial charge in [0.25, 0.3) is 0 Å². The molecule has 2 fully saturated rings. The highest BCUT2D eigenvalue weighted by atomic mass is 35.5. The van der Waals surface area contributed by atoms with Crippen LogP contribution in [-0.4, -0.2) is 11.6 Å². The van der Waals surface area contributed by atoms with E-state index in [0.717, 1.165) is 29.5 Å². The van der Waals surface area contributed by atoms with E-state index in [1.54, 1.807) is 6.07 Å². The van der Waals surface area contributed by atoms with Crippen molar-refractivity contribution in [3.63, 3.8) is 0 Å². The van der Waals surface area contributed by atoms with Crippen LogP contribution in [0.3, 0.4) is 0 Å². The van der Waals surface area contributed by atoms with Crippen LogP contribution in [-0.2, 0) is 9.59 Å². The molecule has 2 aromatic carbocycles. The van der Waals surface area contributed by atoms with Gasteiger partial charge in [0, 0.05) is 16.9 Å². The van der Waals surface area contributed by atoms with Gasteiger partial charge in [-0.15, -0.1) is 0 Å². The fraction of sp³-hybridized carbons (Fsp3) is 0.333. The van der Waals surface area contributed by atoms with Gasteiger partial charge in [-0.05, 0) is 72.7 Å². The van der Waals surface area contributed by atoms with E-state index < -0.39 is 11.7 Å². The molecule has 128 valence electrons. The summed E-state index contributed by atoms with van der Waals surface area (Å²) in [6.45, 7) is 1.91. The van der Waals surface area contributed by atoms with Crippen LogP contribution in [0.1, 0.15) is 36.3 Å². The quantitative estimate of drug-likeness (QED) is 0.701. The lowest BCUT2D eigenvalue weighted by Gasteiger charge is -2.27. The number of aryl methyl sites for hydroxylation is 1. The van der Waals surface area contributed by atoms with Gasteiger partial charge >= 0.3 is 0 Å². The standard InChI is InChI=1S/C21H18ClFO2/c1-11-2-3-12(15-7-16(22)10-17(23)8-15)9-18(11)19-20(24)13-4-5-14(6-13)21(19)25/h2-3,7-10,13-14,19H,4-6H2,1H3/t13-,14+,19?. The van der Waals surface area contributed by atoms with Crippen LogP contribution >= 0.6 is 11.6 Å². The normalized spacial score (nSPS) is 25.5. The molecule has 0 N–H and O–H groups in total. The Labute approximate surface area is 151 Å². The summed E-state index contributed by atoms with van der Waals surface area (Å²) in [5.74, 6) is -0.950. The van der Waals surface area contributed by atoms with Crippen molar-refractivity contribution in [2.24, 2.45) is 11.8 Å². The van der Waals surface area contributed by atoms with Gasteiger partial charge in [-0.2, -0.15) is 0 Å². The molecule has 0 aromatic heterocycles. The van der Waals surface area contributed by atoms with Crippen molar-refractivity contribution in [2.45, 2.75) is 32.1 Å². The average molecular weight is 357 g/mol. The number of hydrogen-bond acceptors (Lipinski definition) is 2. The second-order valence-electron chi connectivity index (χ2n) is 7.17. The van der Waals surface area contributed by atoms with Crippen LogP contribution in [0.15, 0.2) is 36.4 Å². The lowest BCUT2D eigenvalue weighted by atomic mass is 9.74. The zero-order valence-corrected chi connectivity index (χ0v) is 14.6. The fourth-order valence-corrected chi connectivity index (χ4v) is 4.49. The molecule has 25 heavy (non-hydrogen) atoms. The third-order valence-corrected chi connectivity index (χ3v) is 5.81. The molecule has 2 aromatic rings. The predicted molar refractivity (Wildman–Crippen MR) is 95.2 cm³/mol. The summed E-state index contributed by atoms with van der Waals surface area (Å²) in [4.78, 5) is 25.6. The number of halogens is 2. The Morgan fingerprint density at radius 1 is 0.960 bits per heavy atom. The summed E-state index contributed by atoms with van der Waals surface area (Å²) in [7, 11) is 0.